The van der Waals surface area contributed by atoms with E-state index in [1.165, 1.54) is 5.56 Å². The lowest BCUT2D eigenvalue weighted by Gasteiger charge is -2.07. The molecule has 0 saturated heterocycles. The molecule has 120 valence electrons. The molecule has 0 saturated carbocycles. The van der Waals surface area contributed by atoms with Gasteiger partial charge in [-0.25, -0.2) is 0 Å². The average Bonchev–Trinajstić information content (AvgIpc) is 2.53. The van der Waals surface area contributed by atoms with Crippen LogP contribution in [0.4, 0.5) is 0 Å². The first-order valence-corrected chi connectivity index (χ1v) is 7.61. The Morgan fingerprint density at radius 2 is 1.52 bits per heavy atom. The van der Waals surface area contributed by atoms with Crippen LogP contribution in [0.2, 0.25) is 0 Å². The fourth-order valence-corrected chi connectivity index (χ4v) is 1.72. The molecule has 0 spiro atoms. The largest absolute Gasteiger partial charge is 0.379 e. The Hall–Kier alpha value is -0.980. The quantitative estimate of drug-likeness (QED) is 0.505. The van der Waals surface area contributed by atoms with Crippen LogP contribution < -0.4 is 11.1 Å². The minimum atomic E-state index is 0.634. The van der Waals surface area contributed by atoms with Crippen LogP contribution in [0.15, 0.2) is 30.3 Å². The van der Waals surface area contributed by atoms with Crippen LogP contribution in [0.5, 0.6) is 0 Å². The predicted octanol–water partition coefficient (Wildman–Crippen LogP) is 1.17. The van der Waals surface area contributed by atoms with E-state index in [0.29, 0.717) is 39.6 Å². The monoisotopic (exact) mass is 296 g/mol. The predicted molar refractivity (Wildman–Crippen MR) is 84.3 cm³/mol. The maximum atomic E-state index is 5.57. The molecule has 0 aliphatic carbocycles. The van der Waals surface area contributed by atoms with Crippen molar-refractivity contribution in [3.63, 3.8) is 0 Å². The second-order valence-corrected chi connectivity index (χ2v) is 4.66. The van der Waals surface area contributed by atoms with Gasteiger partial charge >= 0.3 is 0 Å². The molecule has 0 amide bonds. The fourth-order valence-electron chi connectivity index (χ4n) is 1.72. The molecule has 0 aromatic heterocycles. The Bertz CT molecular complexity index is 323. The zero-order valence-electron chi connectivity index (χ0n) is 12.8. The lowest BCUT2D eigenvalue weighted by Crippen LogP contribution is -2.26. The van der Waals surface area contributed by atoms with E-state index in [4.69, 9.17) is 19.9 Å². The van der Waals surface area contributed by atoms with Crippen LogP contribution >= 0.6 is 0 Å². The van der Waals surface area contributed by atoms with Crippen LogP contribution in [0, 0.1) is 0 Å². The second-order valence-electron chi connectivity index (χ2n) is 4.66. The summed E-state index contributed by atoms with van der Waals surface area (Å²) < 4.78 is 16.4. The van der Waals surface area contributed by atoms with E-state index in [2.05, 4.69) is 17.4 Å². The van der Waals surface area contributed by atoms with Crippen molar-refractivity contribution in [3.8, 4) is 0 Å². The van der Waals surface area contributed by atoms with Gasteiger partial charge in [0.25, 0.3) is 0 Å². The Balaban J connectivity index is 1.75. The molecule has 1 aromatic rings. The summed E-state index contributed by atoms with van der Waals surface area (Å²) in [5, 5.41) is 3.17. The normalized spacial score (nSPS) is 10.9. The van der Waals surface area contributed by atoms with Crippen LogP contribution in [0.3, 0.4) is 0 Å². The Morgan fingerprint density at radius 3 is 2.29 bits per heavy atom. The highest BCUT2D eigenvalue weighted by Gasteiger charge is 1.94. The maximum Gasteiger partial charge on any atom is 0.0716 e. The summed E-state index contributed by atoms with van der Waals surface area (Å²) in [6, 6.07) is 10.2. The molecule has 1 aromatic carbocycles. The first kappa shape index (κ1) is 18.1. The molecular formula is C16H28N2O3. The van der Waals surface area contributed by atoms with E-state index in [9.17, 15) is 0 Å². The number of hydrogen-bond acceptors (Lipinski definition) is 5. The van der Waals surface area contributed by atoms with Gasteiger partial charge in [0.15, 0.2) is 0 Å². The molecule has 3 N–H and O–H groups in total. The van der Waals surface area contributed by atoms with Gasteiger partial charge in [0, 0.05) is 32.8 Å². The Kier molecular flexibility index (Phi) is 12.0. The van der Waals surface area contributed by atoms with Crippen LogP contribution in [-0.2, 0) is 20.8 Å². The van der Waals surface area contributed by atoms with Gasteiger partial charge in [-0.2, -0.15) is 0 Å². The molecule has 0 aliphatic rings. The molecule has 0 atom stereocenters. The lowest BCUT2D eigenvalue weighted by atomic mass is 10.2. The Labute approximate surface area is 127 Å². The zero-order valence-corrected chi connectivity index (χ0v) is 12.8. The van der Waals surface area contributed by atoms with Gasteiger partial charge in [-0.15, -0.1) is 0 Å². The van der Waals surface area contributed by atoms with Crippen molar-refractivity contribution in [2.24, 2.45) is 5.73 Å². The lowest BCUT2D eigenvalue weighted by molar-refractivity contribution is 0.0346. The summed E-state index contributed by atoms with van der Waals surface area (Å²) >= 11 is 0. The number of benzene rings is 1. The molecule has 0 heterocycles. The molecule has 0 bridgehead atoms. The van der Waals surface area contributed by atoms with Crippen molar-refractivity contribution in [3.05, 3.63) is 35.9 Å². The summed E-state index contributed by atoms with van der Waals surface area (Å²) in [4.78, 5) is 0. The van der Waals surface area contributed by atoms with Crippen molar-refractivity contribution < 1.29 is 14.2 Å². The number of nitrogens with two attached hydrogens (primary N) is 1. The third kappa shape index (κ3) is 11.4. The van der Waals surface area contributed by atoms with Gasteiger partial charge in [0.2, 0.25) is 0 Å². The summed E-state index contributed by atoms with van der Waals surface area (Å²) in [5.41, 5.74) is 6.56. The summed E-state index contributed by atoms with van der Waals surface area (Å²) in [7, 11) is 0. The smallest absolute Gasteiger partial charge is 0.0716 e. The molecule has 5 heteroatoms. The number of rotatable bonds is 14. The highest BCUT2D eigenvalue weighted by Crippen LogP contribution is 2.00. The molecular weight excluding hydrogens is 268 g/mol. The minimum absolute atomic E-state index is 0.634. The number of nitrogens with one attached hydrogen (secondary N) is 1. The molecule has 0 aliphatic heterocycles. The van der Waals surface area contributed by atoms with Crippen molar-refractivity contribution >= 4 is 0 Å². The van der Waals surface area contributed by atoms with Gasteiger partial charge < -0.3 is 25.3 Å². The minimum Gasteiger partial charge on any atom is -0.379 e. The highest BCUT2D eigenvalue weighted by molar-refractivity contribution is 5.13. The SMILES string of the molecule is NCCNCCOCCOCCCOCc1ccccc1. The fraction of sp³-hybridized carbons (Fsp3) is 0.625. The number of hydrogen-bond donors (Lipinski definition) is 2. The third-order valence-electron chi connectivity index (χ3n) is 2.81. The van der Waals surface area contributed by atoms with Crippen molar-refractivity contribution in [1.29, 1.82) is 0 Å². The van der Waals surface area contributed by atoms with Gasteiger partial charge in [0.05, 0.1) is 26.4 Å². The molecule has 1 rings (SSSR count). The van der Waals surface area contributed by atoms with Crippen LogP contribution in [0.25, 0.3) is 0 Å². The summed E-state index contributed by atoms with van der Waals surface area (Å²) in [6.07, 6.45) is 0.908. The highest BCUT2D eigenvalue weighted by atomic mass is 16.5. The van der Waals surface area contributed by atoms with Gasteiger partial charge in [0.1, 0.15) is 0 Å². The molecule has 5 nitrogen and oxygen atoms in total. The first-order valence-electron chi connectivity index (χ1n) is 7.61. The standard InChI is InChI=1S/C16H28N2O3/c17-7-8-18-9-12-20-14-13-19-10-4-11-21-15-16-5-2-1-3-6-16/h1-3,5-6,18H,4,7-15,17H2. The summed E-state index contributed by atoms with van der Waals surface area (Å²) in [5.74, 6) is 0. The summed E-state index contributed by atoms with van der Waals surface area (Å²) in [6.45, 7) is 6.40. The molecule has 0 radical (unpaired) electrons. The average molecular weight is 296 g/mol. The Morgan fingerprint density at radius 1 is 0.810 bits per heavy atom. The van der Waals surface area contributed by atoms with Gasteiger partial charge in [-0.3, -0.25) is 0 Å². The van der Waals surface area contributed by atoms with Gasteiger partial charge in [-0.05, 0) is 12.0 Å². The molecule has 0 unspecified atom stereocenters. The van der Waals surface area contributed by atoms with Crippen LogP contribution in [-0.4, -0.2) is 52.7 Å². The third-order valence-corrected chi connectivity index (χ3v) is 2.81. The van der Waals surface area contributed by atoms with E-state index in [1.54, 1.807) is 0 Å². The number of ether oxygens (including phenoxy) is 3. The van der Waals surface area contributed by atoms with Crippen LogP contribution in [0.1, 0.15) is 12.0 Å². The van der Waals surface area contributed by atoms with E-state index < -0.39 is 0 Å². The second kappa shape index (κ2) is 14.0. The van der Waals surface area contributed by atoms with Gasteiger partial charge in [-0.1, -0.05) is 30.3 Å². The van der Waals surface area contributed by atoms with E-state index >= 15 is 0 Å². The topological polar surface area (TPSA) is 65.7 Å². The van der Waals surface area contributed by atoms with E-state index in [1.807, 2.05) is 18.2 Å². The molecule has 21 heavy (non-hydrogen) atoms. The van der Waals surface area contributed by atoms with E-state index in [-0.39, 0.29) is 0 Å². The van der Waals surface area contributed by atoms with E-state index in [0.717, 1.165) is 26.1 Å². The molecule has 0 fully saturated rings. The first-order chi connectivity index (χ1) is 10.4. The van der Waals surface area contributed by atoms with Crippen molar-refractivity contribution in [2.75, 3.05) is 52.7 Å². The van der Waals surface area contributed by atoms with Crippen molar-refractivity contribution in [2.45, 2.75) is 13.0 Å². The van der Waals surface area contributed by atoms with Crippen molar-refractivity contribution in [1.82, 2.24) is 5.32 Å². The maximum absolute atomic E-state index is 5.57. The zero-order chi connectivity index (χ0) is 15.0.